The van der Waals surface area contributed by atoms with Gasteiger partial charge in [0.15, 0.2) is 10.9 Å². The number of furan rings is 1. The molecule has 0 aliphatic carbocycles. The molecule has 0 atom stereocenters. The van der Waals surface area contributed by atoms with Crippen LogP contribution in [0.2, 0.25) is 0 Å². The fourth-order valence-corrected chi connectivity index (χ4v) is 5.01. The first-order valence-corrected chi connectivity index (χ1v) is 11.8. The summed E-state index contributed by atoms with van der Waals surface area (Å²) in [6, 6.07) is 22.4. The van der Waals surface area contributed by atoms with Crippen LogP contribution in [-0.2, 0) is 0 Å². The summed E-state index contributed by atoms with van der Waals surface area (Å²) >= 11 is 1.35. The molecule has 0 saturated carbocycles. The number of carbonyl (C=O) groups is 2. The Morgan fingerprint density at radius 2 is 1.58 bits per heavy atom. The van der Waals surface area contributed by atoms with Gasteiger partial charge in [-0.25, -0.2) is 4.98 Å². The number of carbonyl (C=O) groups excluding carboxylic acids is 2. The topological polar surface area (TPSA) is 75.4 Å². The van der Waals surface area contributed by atoms with Crippen LogP contribution in [0.25, 0.3) is 11.5 Å². The van der Waals surface area contributed by atoms with Crippen molar-refractivity contribution in [2.75, 3.05) is 18.4 Å². The average molecular weight is 458 g/mol. The minimum atomic E-state index is -0.0733. The van der Waals surface area contributed by atoms with E-state index < -0.39 is 0 Å². The van der Waals surface area contributed by atoms with Crippen LogP contribution >= 0.6 is 11.3 Å². The zero-order chi connectivity index (χ0) is 22.6. The van der Waals surface area contributed by atoms with Gasteiger partial charge in [-0.15, -0.1) is 0 Å². The summed E-state index contributed by atoms with van der Waals surface area (Å²) in [7, 11) is 0. The highest BCUT2D eigenvalue weighted by atomic mass is 32.1. The van der Waals surface area contributed by atoms with Crippen molar-refractivity contribution < 1.29 is 14.0 Å². The molecule has 2 aromatic carbocycles. The van der Waals surface area contributed by atoms with E-state index >= 15 is 0 Å². The number of anilines is 1. The van der Waals surface area contributed by atoms with Crippen LogP contribution in [0.3, 0.4) is 0 Å². The molecule has 6 nitrogen and oxygen atoms in total. The molecule has 3 heterocycles. The van der Waals surface area contributed by atoms with E-state index in [2.05, 4.69) is 5.32 Å². The van der Waals surface area contributed by atoms with E-state index in [1.54, 1.807) is 24.5 Å². The summed E-state index contributed by atoms with van der Waals surface area (Å²) in [5, 5.41) is 4.17. The van der Waals surface area contributed by atoms with Crippen molar-refractivity contribution in [3.05, 3.63) is 95.1 Å². The predicted molar refractivity (Wildman–Crippen MR) is 129 cm³/mol. The Kier molecular flexibility index (Phi) is 6.04. The molecule has 1 aliphatic rings. The van der Waals surface area contributed by atoms with Gasteiger partial charge in [-0.3, -0.25) is 9.59 Å². The summed E-state index contributed by atoms with van der Waals surface area (Å²) in [5.74, 6) is 0.567. The standard InChI is InChI=1S/C26H23N3O3S/c30-23(18-8-3-1-4-9-18)24-22(21-12-7-17-32-21)28-26(33-24)27-20-13-15-29(16-14-20)25(31)19-10-5-2-6-11-19/h1-12,17,20H,13-16H2,(H,27,28). The molecular weight excluding hydrogens is 434 g/mol. The smallest absolute Gasteiger partial charge is 0.253 e. The lowest BCUT2D eigenvalue weighted by Crippen LogP contribution is -2.42. The second-order valence-corrected chi connectivity index (χ2v) is 8.95. The first-order valence-electron chi connectivity index (χ1n) is 10.9. The van der Waals surface area contributed by atoms with Gasteiger partial charge < -0.3 is 14.6 Å². The summed E-state index contributed by atoms with van der Waals surface area (Å²) in [6.45, 7) is 1.36. The van der Waals surface area contributed by atoms with E-state index in [4.69, 9.17) is 9.40 Å². The third-order valence-corrected chi connectivity index (χ3v) is 6.74. The van der Waals surface area contributed by atoms with E-state index in [0.717, 1.165) is 18.4 Å². The number of ketones is 1. The number of aromatic nitrogens is 1. The molecule has 5 rings (SSSR count). The molecule has 0 unspecified atom stereocenters. The lowest BCUT2D eigenvalue weighted by molar-refractivity contribution is 0.0718. The molecule has 33 heavy (non-hydrogen) atoms. The SMILES string of the molecule is O=C(c1ccccc1)c1sc(NC2CCN(C(=O)c3ccccc3)CC2)nc1-c1ccco1. The summed E-state index contributed by atoms with van der Waals surface area (Å²) < 4.78 is 5.55. The van der Waals surface area contributed by atoms with Gasteiger partial charge in [0.25, 0.3) is 5.91 Å². The highest BCUT2D eigenvalue weighted by Crippen LogP contribution is 2.34. The highest BCUT2D eigenvalue weighted by molar-refractivity contribution is 7.18. The zero-order valence-corrected chi connectivity index (χ0v) is 18.8. The Morgan fingerprint density at radius 3 is 2.21 bits per heavy atom. The van der Waals surface area contributed by atoms with Crippen LogP contribution in [0, 0.1) is 0 Å². The summed E-state index contributed by atoms with van der Waals surface area (Å²) in [6.07, 6.45) is 3.21. The number of hydrogen-bond donors (Lipinski definition) is 1. The van der Waals surface area contributed by atoms with E-state index in [1.165, 1.54) is 11.3 Å². The largest absolute Gasteiger partial charge is 0.463 e. The Hall–Kier alpha value is -3.71. The molecule has 1 N–H and O–H groups in total. The molecular formula is C26H23N3O3S. The molecule has 2 aromatic heterocycles. The lowest BCUT2D eigenvalue weighted by Gasteiger charge is -2.32. The van der Waals surface area contributed by atoms with Gasteiger partial charge in [0.05, 0.1) is 6.26 Å². The van der Waals surface area contributed by atoms with Crippen LogP contribution in [0.5, 0.6) is 0 Å². The quantitative estimate of drug-likeness (QED) is 0.395. The average Bonchev–Trinajstić information content (AvgIpc) is 3.55. The normalized spacial score (nSPS) is 14.2. The summed E-state index contributed by atoms with van der Waals surface area (Å²) in [4.78, 5) is 33.0. The molecule has 1 aliphatic heterocycles. The lowest BCUT2D eigenvalue weighted by atomic mass is 10.0. The fourth-order valence-electron chi connectivity index (χ4n) is 4.00. The van der Waals surface area contributed by atoms with Crippen LogP contribution < -0.4 is 5.32 Å². The zero-order valence-electron chi connectivity index (χ0n) is 17.9. The molecule has 0 bridgehead atoms. The number of nitrogens with zero attached hydrogens (tertiary/aromatic N) is 2. The maximum atomic E-state index is 13.2. The molecule has 166 valence electrons. The molecule has 1 amide bonds. The minimum Gasteiger partial charge on any atom is -0.463 e. The van der Waals surface area contributed by atoms with Gasteiger partial charge in [0, 0.05) is 30.3 Å². The summed E-state index contributed by atoms with van der Waals surface area (Å²) in [5.41, 5.74) is 1.89. The molecule has 1 saturated heterocycles. The Bertz CT molecular complexity index is 1230. The van der Waals surface area contributed by atoms with Crippen molar-refractivity contribution in [1.29, 1.82) is 0 Å². The van der Waals surface area contributed by atoms with Crippen molar-refractivity contribution in [2.24, 2.45) is 0 Å². The van der Waals surface area contributed by atoms with Crippen molar-refractivity contribution in [3.8, 4) is 11.5 Å². The third-order valence-electron chi connectivity index (χ3n) is 5.75. The van der Waals surface area contributed by atoms with Gasteiger partial charge in [-0.05, 0) is 37.1 Å². The fraction of sp³-hybridized carbons (Fsp3) is 0.192. The number of thiazole rings is 1. The van der Waals surface area contributed by atoms with Gasteiger partial charge in [-0.2, -0.15) is 0 Å². The first kappa shape index (κ1) is 21.2. The number of amides is 1. The third kappa shape index (κ3) is 4.59. The van der Waals surface area contributed by atoms with Gasteiger partial charge in [-0.1, -0.05) is 59.9 Å². The Morgan fingerprint density at radius 1 is 0.909 bits per heavy atom. The molecule has 1 fully saturated rings. The number of likely N-dealkylation sites (tertiary alicyclic amines) is 1. The highest BCUT2D eigenvalue weighted by Gasteiger charge is 2.26. The van der Waals surface area contributed by atoms with Gasteiger partial charge in [0.1, 0.15) is 10.6 Å². The van der Waals surface area contributed by atoms with Crippen molar-refractivity contribution in [2.45, 2.75) is 18.9 Å². The second kappa shape index (κ2) is 9.42. The van der Waals surface area contributed by atoms with E-state index in [-0.39, 0.29) is 17.7 Å². The van der Waals surface area contributed by atoms with Gasteiger partial charge in [0.2, 0.25) is 5.78 Å². The van der Waals surface area contributed by atoms with E-state index in [0.29, 0.717) is 40.1 Å². The Balaban J connectivity index is 1.30. The van der Waals surface area contributed by atoms with Crippen LogP contribution in [-0.4, -0.2) is 40.7 Å². The molecule has 4 aromatic rings. The minimum absolute atomic E-state index is 0.0687. The second-order valence-electron chi connectivity index (χ2n) is 7.95. The number of piperidine rings is 1. The van der Waals surface area contributed by atoms with E-state index in [9.17, 15) is 9.59 Å². The van der Waals surface area contributed by atoms with Gasteiger partial charge >= 0.3 is 0 Å². The Labute approximate surface area is 195 Å². The number of hydrogen-bond acceptors (Lipinski definition) is 6. The number of benzene rings is 2. The van der Waals surface area contributed by atoms with Crippen molar-refractivity contribution >= 4 is 28.2 Å². The van der Waals surface area contributed by atoms with E-state index in [1.807, 2.05) is 59.5 Å². The van der Waals surface area contributed by atoms with Crippen LogP contribution in [0.15, 0.2) is 83.5 Å². The van der Waals surface area contributed by atoms with Crippen molar-refractivity contribution in [1.82, 2.24) is 9.88 Å². The van der Waals surface area contributed by atoms with Crippen molar-refractivity contribution in [3.63, 3.8) is 0 Å². The van der Waals surface area contributed by atoms with Crippen LogP contribution in [0.1, 0.15) is 38.4 Å². The maximum Gasteiger partial charge on any atom is 0.253 e. The number of nitrogens with one attached hydrogen (secondary N) is 1. The maximum absolute atomic E-state index is 13.2. The first-order chi connectivity index (χ1) is 16.2. The monoisotopic (exact) mass is 457 g/mol. The molecule has 0 spiro atoms. The van der Waals surface area contributed by atoms with Crippen LogP contribution in [0.4, 0.5) is 5.13 Å². The molecule has 0 radical (unpaired) electrons. The number of rotatable bonds is 6. The predicted octanol–water partition coefficient (Wildman–Crippen LogP) is 5.35. The molecule has 7 heteroatoms.